The highest BCUT2D eigenvalue weighted by Gasteiger charge is 2.25. The van der Waals surface area contributed by atoms with E-state index < -0.39 is 0 Å². The van der Waals surface area contributed by atoms with E-state index >= 15 is 0 Å². The molecule has 2 aromatic rings. The van der Waals surface area contributed by atoms with Crippen LogP contribution in [0.1, 0.15) is 22.8 Å². The van der Waals surface area contributed by atoms with Crippen LogP contribution in [-0.2, 0) is 11.3 Å². The lowest BCUT2D eigenvalue weighted by atomic mass is 10.0. The predicted octanol–water partition coefficient (Wildman–Crippen LogP) is 3.22. The zero-order valence-electron chi connectivity index (χ0n) is 17.1. The number of aromatic nitrogens is 1. The molecule has 1 fully saturated rings. The second-order valence-electron chi connectivity index (χ2n) is 6.98. The van der Waals surface area contributed by atoms with Crippen LogP contribution < -0.4 is 10.2 Å². The number of benzene rings is 1. The zero-order valence-corrected chi connectivity index (χ0v) is 19.4. The number of hydrogen-bond acceptors (Lipinski definition) is 4. The van der Waals surface area contributed by atoms with E-state index in [-0.39, 0.29) is 30.1 Å². The number of pyridine rings is 1. The first-order valence-corrected chi connectivity index (χ1v) is 9.33. The van der Waals surface area contributed by atoms with Gasteiger partial charge in [-0.3, -0.25) is 4.99 Å². The normalized spacial score (nSPS) is 17.1. The average molecular weight is 495 g/mol. The first-order valence-electron chi connectivity index (χ1n) is 9.33. The lowest BCUT2D eigenvalue weighted by Gasteiger charge is -2.35. The maximum atomic E-state index is 6.04. The quantitative estimate of drug-likeness (QED) is 0.401. The van der Waals surface area contributed by atoms with Crippen LogP contribution in [0.3, 0.4) is 0 Å². The zero-order chi connectivity index (χ0) is 19.2. The van der Waals surface area contributed by atoms with Crippen LogP contribution in [0.2, 0.25) is 0 Å². The summed E-state index contributed by atoms with van der Waals surface area (Å²) in [6.07, 6.45) is 1.91. The molecule has 1 N–H and O–H groups in total. The van der Waals surface area contributed by atoms with Gasteiger partial charge in [-0.2, -0.15) is 0 Å². The summed E-state index contributed by atoms with van der Waals surface area (Å²) in [5.74, 6) is 1.86. The molecule has 7 heteroatoms. The van der Waals surface area contributed by atoms with Gasteiger partial charge in [0.15, 0.2) is 5.96 Å². The largest absolute Gasteiger partial charge is 0.370 e. The van der Waals surface area contributed by atoms with Crippen LogP contribution in [0, 0.1) is 6.92 Å². The smallest absolute Gasteiger partial charge is 0.194 e. The minimum Gasteiger partial charge on any atom is -0.370 e. The molecule has 1 unspecified atom stereocenters. The Kier molecular flexibility index (Phi) is 8.50. The van der Waals surface area contributed by atoms with Gasteiger partial charge in [-0.05, 0) is 35.7 Å². The van der Waals surface area contributed by atoms with Crippen LogP contribution >= 0.6 is 24.0 Å². The fourth-order valence-corrected chi connectivity index (χ4v) is 3.31. The highest BCUT2D eigenvalue weighted by Crippen LogP contribution is 2.25. The molecule has 28 heavy (non-hydrogen) atoms. The molecule has 1 saturated heterocycles. The fourth-order valence-electron chi connectivity index (χ4n) is 3.31. The van der Waals surface area contributed by atoms with E-state index in [0.29, 0.717) is 13.2 Å². The van der Waals surface area contributed by atoms with E-state index in [1.54, 1.807) is 0 Å². The van der Waals surface area contributed by atoms with Crippen molar-refractivity contribution in [3.63, 3.8) is 0 Å². The van der Waals surface area contributed by atoms with Crippen molar-refractivity contribution in [3.05, 3.63) is 59.3 Å². The first kappa shape index (κ1) is 22.4. The lowest BCUT2D eigenvalue weighted by Crippen LogP contribution is -2.48. The van der Waals surface area contributed by atoms with Gasteiger partial charge in [0, 0.05) is 40.4 Å². The number of aliphatic imine (C=N–C) groups is 1. The average Bonchev–Trinajstić information content (AvgIpc) is 2.69. The van der Waals surface area contributed by atoms with Crippen molar-refractivity contribution in [1.29, 1.82) is 0 Å². The summed E-state index contributed by atoms with van der Waals surface area (Å²) < 4.78 is 6.04. The molecular formula is C21H30IN5O. The molecule has 1 aromatic heterocycles. The highest BCUT2D eigenvalue weighted by molar-refractivity contribution is 14.0. The molecule has 152 valence electrons. The van der Waals surface area contributed by atoms with Crippen molar-refractivity contribution in [2.45, 2.75) is 19.6 Å². The van der Waals surface area contributed by atoms with E-state index in [1.165, 1.54) is 16.7 Å². The third-order valence-electron chi connectivity index (χ3n) is 4.83. The Morgan fingerprint density at radius 2 is 2.11 bits per heavy atom. The Hall–Kier alpha value is -1.87. The second-order valence-corrected chi connectivity index (χ2v) is 6.98. The van der Waals surface area contributed by atoms with E-state index in [0.717, 1.165) is 24.9 Å². The Labute approximate surface area is 185 Å². The van der Waals surface area contributed by atoms with Gasteiger partial charge in [-0.15, -0.1) is 24.0 Å². The van der Waals surface area contributed by atoms with E-state index in [9.17, 15) is 0 Å². The maximum Gasteiger partial charge on any atom is 0.194 e. The molecule has 3 rings (SSSR count). The van der Waals surface area contributed by atoms with Gasteiger partial charge in [-0.1, -0.05) is 24.3 Å². The molecule has 6 nitrogen and oxygen atoms in total. The number of nitrogens with zero attached hydrogens (tertiary/aromatic N) is 4. The van der Waals surface area contributed by atoms with Crippen LogP contribution in [0.25, 0.3) is 0 Å². The van der Waals surface area contributed by atoms with Crippen LogP contribution in [-0.4, -0.2) is 56.7 Å². The SMILES string of the molecule is CN=C(NCc1ccnc(N(C)C)c1)N1CCOC(c2ccccc2C)C1.I. The monoisotopic (exact) mass is 495 g/mol. The minimum atomic E-state index is 0. The number of rotatable bonds is 4. The molecule has 2 heterocycles. The van der Waals surface area contributed by atoms with E-state index in [4.69, 9.17) is 4.74 Å². The van der Waals surface area contributed by atoms with Crippen LogP contribution in [0.4, 0.5) is 5.82 Å². The van der Waals surface area contributed by atoms with Gasteiger partial charge in [-0.25, -0.2) is 4.98 Å². The molecule has 0 aliphatic carbocycles. The van der Waals surface area contributed by atoms with Gasteiger partial charge in [0.25, 0.3) is 0 Å². The van der Waals surface area contributed by atoms with Gasteiger partial charge >= 0.3 is 0 Å². The molecule has 1 atom stereocenters. The van der Waals surface area contributed by atoms with Gasteiger partial charge in [0.05, 0.1) is 13.2 Å². The van der Waals surface area contributed by atoms with Crippen LogP contribution in [0.5, 0.6) is 0 Å². The molecule has 0 radical (unpaired) electrons. The van der Waals surface area contributed by atoms with Crippen LogP contribution in [0.15, 0.2) is 47.6 Å². The van der Waals surface area contributed by atoms with Gasteiger partial charge in [0.1, 0.15) is 11.9 Å². The topological polar surface area (TPSA) is 53.0 Å². The Morgan fingerprint density at radius 3 is 2.82 bits per heavy atom. The Morgan fingerprint density at radius 1 is 1.32 bits per heavy atom. The number of morpholine rings is 1. The molecule has 1 aliphatic rings. The number of ether oxygens (including phenoxy) is 1. The number of halogens is 1. The fraction of sp³-hybridized carbons (Fsp3) is 0.429. The Balaban J connectivity index is 0.00000280. The molecule has 0 bridgehead atoms. The number of nitrogens with one attached hydrogen (secondary N) is 1. The molecule has 0 spiro atoms. The number of aryl methyl sites for hydroxylation is 1. The molecule has 1 aromatic carbocycles. The molecule has 1 aliphatic heterocycles. The molecule has 0 saturated carbocycles. The third-order valence-corrected chi connectivity index (χ3v) is 4.83. The summed E-state index contributed by atoms with van der Waals surface area (Å²) in [6.45, 7) is 5.17. The second kappa shape index (κ2) is 10.6. The summed E-state index contributed by atoms with van der Waals surface area (Å²) in [5.41, 5.74) is 3.70. The third kappa shape index (κ3) is 5.57. The Bertz CT molecular complexity index is 796. The lowest BCUT2D eigenvalue weighted by molar-refractivity contribution is -0.00833. The van der Waals surface area contributed by atoms with Crippen molar-refractivity contribution >= 4 is 35.8 Å². The number of hydrogen-bond donors (Lipinski definition) is 1. The standard InChI is InChI=1S/C21H29N5O.HI/c1-16-7-5-6-8-18(16)19-15-26(11-12-27-19)21(22-2)24-14-17-9-10-23-20(13-17)25(3)4;/h5-10,13,19H,11-12,14-15H2,1-4H3,(H,22,24);1H. The summed E-state index contributed by atoms with van der Waals surface area (Å²) in [6, 6.07) is 12.6. The molecular weight excluding hydrogens is 465 g/mol. The van der Waals surface area contributed by atoms with E-state index in [2.05, 4.69) is 57.4 Å². The molecule has 0 amide bonds. The van der Waals surface area contributed by atoms with Gasteiger partial charge < -0.3 is 19.9 Å². The summed E-state index contributed by atoms with van der Waals surface area (Å²) in [7, 11) is 5.83. The summed E-state index contributed by atoms with van der Waals surface area (Å²) >= 11 is 0. The highest BCUT2D eigenvalue weighted by atomic mass is 127. The maximum absolute atomic E-state index is 6.04. The minimum absolute atomic E-state index is 0. The number of anilines is 1. The van der Waals surface area contributed by atoms with Crippen molar-refractivity contribution < 1.29 is 4.74 Å². The van der Waals surface area contributed by atoms with Crippen molar-refractivity contribution in [2.75, 3.05) is 45.7 Å². The summed E-state index contributed by atoms with van der Waals surface area (Å²) in [5, 5.41) is 3.48. The van der Waals surface area contributed by atoms with Gasteiger partial charge in [0.2, 0.25) is 0 Å². The summed E-state index contributed by atoms with van der Waals surface area (Å²) in [4.78, 5) is 13.1. The predicted molar refractivity (Wildman–Crippen MR) is 126 cm³/mol. The van der Waals surface area contributed by atoms with Crippen molar-refractivity contribution in [1.82, 2.24) is 15.2 Å². The first-order chi connectivity index (χ1) is 13.1. The van der Waals surface area contributed by atoms with E-state index in [1.807, 2.05) is 38.3 Å². The van der Waals surface area contributed by atoms with Crippen molar-refractivity contribution in [3.8, 4) is 0 Å². The van der Waals surface area contributed by atoms with Crippen molar-refractivity contribution in [2.24, 2.45) is 4.99 Å². The number of guanidine groups is 1.